The molecule has 0 aromatic carbocycles. The molecule has 0 radical (unpaired) electrons. The van der Waals surface area contributed by atoms with E-state index in [2.05, 4.69) is 4.90 Å². The average molecular weight is 240 g/mol. The number of hydrogen-bond acceptors (Lipinski definition) is 3. The lowest BCUT2D eigenvalue weighted by atomic mass is 10.0. The standard InChI is InChI=1S/C13H24N2O2/c1-2-13(16)15-7-4-12(5-8-15)14-6-3-10-17-11-9-14/h12H,2-11H2,1H3. The van der Waals surface area contributed by atoms with E-state index in [1.54, 1.807) is 0 Å². The highest BCUT2D eigenvalue weighted by Gasteiger charge is 2.26. The zero-order valence-corrected chi connectivity index (χ0v) is 10.9. The molecular weight excluding hydrogens is 216 g/mol. The highest BCUT2D eigenvalue weighted by molar-refractivity contribution is 5.75. The number of nitrogens with zero attached hydrogens (tertiary/aromatic N) is 2. The lowest BCUT2D eigenvalue weighted by molar-refractivity contribution is -0.132. The fourth-order valence-corrected chi connectivity index (χ4v) is 2.83. The second kappa shape index (κ2) is 6.36. The first-order valence-corrected chi connectivity index (χ1v) is 6.91. The van der Waals surface area contributed by atoms with Crippen molar-refractivity contribution in [3.8, 4) is 0 Å². The van der Waals surface area contributed by atoms with Crippen LogP contribution in [0.3, 0.4) is 0 Å². The van der Waals surface area contributed by atoms with Gasteiger partial charge in [0.25, 0.3) is 0 Å². The fourth-order valence-electron chi connectivity index (χ4n) is 2.83. The third-order valence-corrected chi connectivity index (χ3v) is 3.89. The van der Waals surface area contributed by atoms with Crippen LogP contribution in [0.15, 0.2) is 0 Å². The van der Waals surface area contributed by atoms with Crippen molar-refractivity contribution in [3.63, 3.8) is 0 Å². The summed E-state index contributed by atoms with van der Waals surface area (Å²) < 4.78 is 5.49. The van der Waals surface area contributed by atoms with Gasteiger partial charge in [-0.15, -0.1) is 0 Å². The van der Waals surface area contributed by atoms with Crippen molar-refractivity contribution in [1.29, 1.82) is 0 Å². The van der Waals surface area contributed by atoms with Gasteiger partial charge in [-0.2, -0.15) is 0 Å². The van der Waals surface area contributed by atoms with Gasteiger partial charge < -0.3 is 9.64 Å². The molecule has 0 spiro atoms. The number of piperidine rings is 1. The van der Waals surface area contributed by atoms with Gasteiger partial charge in [-0.05, 0) is 19.3 Å². The lowest BCUT2D eigenvalue weighted by Crippen LogP contribution is -2.47. The van der Waals surface area contributed by atoms with Crippen LogP contribution in [-0.2, 0) is 9.53 Å². The summed E-state index contributed by atoms with van der Waals surface area (Å²) in [5.74, 6) is 0.308. The number of likely N-dealkylation sites (tertiary alicyclic amines) is 1. The summed E-state index contributed by atoms with van der Waals surface area (Å²) in [4.78, 5) is 16.2. The van der Waals surface area contributed by atoms with E-state index in [0.29, 0.717) is 18.4 Å². The fraction of sp³-hybridized carbons (Fsp3) is 0.923. The van der Waals surface area contributed by atoms with Crippen LogP contribution in [-0.4, -0.2) is 61.1 Å². The zero-order valence-electron chi connectivity index (χ0n) is 10.9. The SMILES string of the molecule is CCC(=O)N1CCC(N2CCCOCC2)CC1. The van der Waals surface area contributed by atoms with Gasteiger partial charge >= 0.3 is 0 Å². The minimum Gasteiger partial charge on any atom is -0.380 e. The van der Waals surface area contributed by atoms with Crippen molar-refractivity contribution in [2.75, 3.05) is 39.4 Å². The molecule has 17 heavy (non-hydrogen) atoms. The van der Waals surface area contributed by atoms with Gasteiger partial charge in [0.1, 0.15) is 0 Å². The summed E-state index contributed by atoms with van der Waals surface area (Å²) in [6.07, 6.45) is 4.05. The number of hydrogen-bond donors (Lipinski definition) is 0. The molecule has 0 atom stereocenters. The molecule has 98 valence electrons. The molecule has 2 aliphatic heterocycles. The summed E-state index contributed by atoms with van der Waals surface area (Å²) in [7, 11) is 0. The molecule has 1 amide bonds. The Morgan fingerprint density at radius 2 is 1.94 bits per heavy atom. The van der Waals surface area contributed by atoms with E-state index in [0.717, 1.165) is 58.7 Å². The van der Waals surface area contributed by atoms with Crippen molar-refractivity contribution >= 4 is 5.91 Å². The van der Waals surface area contributed by atoms with Crippen molar-refractivity contribution in [3.05, 3.63) is 0 Å². The number of carbonyl (C=O) groups excluding carboxylic acids is 1. The van der Waals surface area contributed by atoms with Gasteiger partial charge in [0, 0.05) is 45.2 Å². The maximum atomic E-state index is 11.6. The van der Waals surface area contributed by atoms with Crippen LogP contribution < -0.4 is 0 Å². The normalized spacial score (nSPS) is 24.6. The second-order valence-electron chi connectivity index (χ2n) is 4.97. The Hall–Kier alpha value is -0.610. The molecule has 2 heterocycles. The van der Waals surface area contributed by atoms with E-state index in [9.17, 15) is 4.79 Å². The summed E-state index contributed by atoms with van der Waals surface area (Å²) in [6.45, 7) is 7.82. The van der Waals surface area contributed by atoms with Crippen molar-refractivity contribution in [2.24, 2.45) is 0 Å². The molecule has 2 aliphatic rings. The van der Waals surface area contributed by atoms with E-state index < -0.39 is 0 Å². The molecule has 0 aliphatic carbocycles. The first-order chi connectivity index (χ1) is 8.31. The molecule has 2 fully saturated rings. The molecule has 0 bridgehead atoms. The molecule has 4 heteroatoms. The zero-order chi connectivity index (χ0) is 12.1. The molecule has 0 saturated carbocycles. The Balaban J connectivity index is 1.79. The highest BCUT2D eigenvalue weighted by atomic mass is 16.5. The number of carbonyl (C=O) groups is 1. The monoisotopic (exact) mass is 240 g/mol. The highest BCUT2D eigenvalue weighted by Crippen LogP contribution is 2.18. The maximum absolute atomic E-state index is 11.6. The van der Waals surface area contributed by atoms with Gasteiger partial charge in [-0.3, -0.25) is 9.69 Å². The number of amides is 1. The smallest absolute Gasteiger partial charge is 0.222 e. The van der Waals surface area contributed by atoms with Crippen LogP contribution in [0.2, 0.25) is 0 Å². The summed E-state index contributed by atoms with van der Waals surface area (Å²) in [6, 6.07) is 0.664. The first-order valence-electron chi connectivity index (χ1n) is 6.91. The molecule has 0 N–H and O–H groups in total. The molecule has 2 rings (SSSR count). The second-order valence-corrected chi connectivity index (χ2v) is 4.97. The van der Waals surface area contributed by atoms with Crippen LogP contribution in [0.5, 0.6) is 0 Å². The predicted octanol–water partition coefficient (Wildman–Crippen LogP) is 1.11. The molecule has 0 aromatic heterocycles. The van der Waals surface area contributed by atoms with Gasteiger partial charge in [0.15, 0.2) is 0 Å². The van der Waals surface area contributed by atoms with Crippen LogP contribution in [0.1, 0.15) is 32.6 Å². The maximum Gasteiger partial charge on any atom is 0.222 e. The van der Waals surface area contributed by atoms with E-state index in [1.165, 1.54) is 0 Å². The van der Waals surface area contributed by atoms with Crippen LogP contribution >= 0.6 is 0 Å². The van der Waals surface area contributed by atoms with E-state index in [-0.39, 0.29) is 0 Å². The Bertz CT molecular complexity index is 242. The van der Waals surface area contributed by atoms with E-state index in [1.807, 2.05) is 11.8 Å². The molecular formula is C13H24N2O2. The third-order valence-electron chi connectivity index (χ3n) is 3.89. The predicted molar refractivity (Wildman–Crippen MR) is 66.9 cm³/mol. The average Bonchev–Trinajstić information content (AvgIpc) is 2.67. The molecule has 0 aromatic rings. The number of rotatable bonds is 2. The molecule has 0 unspecified atom stereocenters. The van der Waals surface area contributed by atoms with Crippen LogP contribution in [0, 0.1) is 0 Å². The van der Waals surface area contributed by atoms with Crippen molar-refractivity contribution < 1.29 is 9.53 Å². The minimum atomic E-state index is 0.308. The summed E-state index contributed by atoms with van der Waals surface area (Å²) >= 11 is 0. The van der Waals surface area contributed by atoms with Gasteiger partial charge in [0.05, 0.1) is 6.61 Å². The Labute approximate surface area is 104 Å². The Kier molecular flexibility index (Phi) is 4.80. The van der Waals surface area contributed by atoms with Crippen molar-refractivity contribution in [1.82, 2.24) is 9.80 Å². The largest absolute Gasteiger partial charge is 0.380 e. The van der Waals surface area contributed by atoms with Crippen molar-refractivity contribution in [2.45, 2.75) is 38.6 Å². The van der Waals surface area contributed by atoms with Crippen LogP contribution in [0.25, 0.3) is 0 Å². The Morgan fingerprint density at radius 1 is 1.18 bits per heavy atom. The van der Waals surface area contributed by atoms with Crippen LogP contribution in [0.4, 0.5) is 0 Å². The summed E-state index contributed by atoms with van der Waals surface area (Å²) in [5, 5.41) is 0. The quantitative estimate of drug-likeness (QED) is 0.725. The molecule has 4 nitrogen and oxygen atoms in total. The van der Waals surface area contributed by atoms with E-state index >= 15 is 0 Å². The van der Waals surface area contributed by atoms with Gasteiger partial charge in [-0.1, -0.05) is 6.92 Å². The number of ether oxygens (including phenoxy) is 1. The minimum absolute atomic E-state index is 0.308. The van der Waals surface area contributed by atoms with Gasteiger partial charge in [0.2, 0.25) is 5.91 Å². The summed E-state index contributed by atoms with van der Waals surface area (Å²) in [5.41, 5.74) is 0. The Morgan fingerprint density at radius 3 is 2.65 bits per heavy atom. The van der Waals surface area contributed by atoms with E-state index in [4.69, 9.17) is 4.74 Å². The molecule has 2 saturated heterocycles. The first kappa shape index (κ1) is 12.8. The third kappa shape index (κ3) is 3.42. The lowest BCUT2D eigenvalue weighted by Gasteiger charge is -2.37. The van der Waals surface area contributed by atoms with Gasteiger partial charge in [-0.25, -0.2) is 0 Å². The topological polar surface area (TPSA) is 32.8 Å².